The summed E-state index contributed by atoms with van der Waals surface area (Å²) in [6, 6.07) is 16.0. The highest BCUT2D eigenvalue weighted by molar-refractivity contribution is 5.95. The van der Waals surface area contributed by atoms with E-state index in [0.29, 0.717) is 19.1 Å². The maximum atomic E-state index is 11.0. The second kappa shape index (κ2) is 9.94. The van der Waals surface area contributed by atoms with Crippen LogP contribution in [0.2, 0.25) is 0 Å². The highest BCUT2D eigenvalue weighted by Gasteiger charge is 2.27. The van der Waals surface area contributed by atoms with Crippen molar-refractivity contribution in [1.29, 1.82) is 0 Å². The average molecular weight is 424 g/mol. The van der Waals surface area contributed by atoms with Crippen LogP contribution in [0.4, 0.5) is 0 Å². The topological polar surface area (TPSA) is 60.3 Å². The fourth-order valence-corrected chi connectivity index (χ4v) is 4.02. The molecular formula is C26H33NO4. The van der Waals surface area contributed by atoms with E-state index in [9.17, 15) is 5.11 Å². The molecule has 5 nitrogen and oxygen atoms in total. The number of aliphatic imine (C=N–C) groups is 1. The largest absolute Gasteiger partial charge is 0.475 e. The van der Waals surface area contributed by atoms with Crippen LogP contribution in [0.15, 0.2) is 53.5 Å². The first-order valence-corrected chi connectivity index (χ1v) is 11.3. The van der Waals surface area contributed by atoms with E-state index >= 15 is 0 Å². The molecular weight excluding hydrogens is 390 g/mol. The van der Waals surface area contributed by atoms with E-state index in [1.807, 2.05) is 36.4 Å². The summed E-state index contributed by atoms with van der Waals surface area (Å²) in [6.45, 7) is 6.18. The highest BCUT2D eigenvalue weighted by Crippen LogP contribution is 2.26. The Bertz CT molecular complexity index is 902. The van der Waals surface area contributed by atoms with Gasteiger partial charge >= 0.3 is 0 Å². The molecule has 2 aromatic rings. The third kappa shape index (κ3) is 5.94. The third-order valence-electron chi connectivity index (χ3n) is 5.73. The summed E-state index contributed by atoms with van der Waals surface area (Å²) in [5.74, 6) is 0.648. The molecule has 0 saturated carbocycles. The van der Waals surface area contributed by atoms with Crippen molar-refractivity contribution in [1.82, 2.24) is 0 Å². The molecule has 1 N–H and O–H groups in total. The Labute approximate surface area is 185 Å². The Hall–Kier alpha value is -2.21. The van der Waals surface area contributed by atoms with Crippen molar-refractivity contribution in [2.45, 2.75) is 63.9 Å². The number of hydrogen-bond donors (Lipinski definition) is 1. The Morgan fingerprint density at radius 2 is 1.94 bits per heavy atom. The number of rotatable bonds is 8. The minimum absolute atomic E-state index is 0.0341. The lowest BCUT2D eigenvalue weighted by Crippen LogP contribution is -2.22. The van der Waals surface area contributed by atoms with Crippen LogP contribution in [-0.2, 0) is 20.6 Å². The van der Waals surface area contributed by atoms with E-state index in [1.165, 1.54) is 12.0 Å². The van der Waals surface area contributed by atoms with Gasteiger partial charge in [0, 0.05) is 12.2 Å². The van der Waals surface area contributed by atoms with Crippen LogP contribution in [0.3, 0.4) is 0 Å². The summed E-state index contributed by atoms with van der Waals surface area (Å²) in [5.41, 5.74) is 3.63. The van der Waals surface area contributed by atoms with Gasteiger partial charge in [0.2, 0.25) is 5.90 Å². The van der Waals surface area contributed by atoms with Crippen LogP contribution >= 0.6 is 0 Å². The molecule has 0 radical (unpaired) electrons. The summed E-state index contributed by atoms with van der Waals surface area (Å²) in [6.07, 6.45) is 4.43. The van der Waals surface area contributed by atoms with Crippen molar-refractivity contribution in [3.63, 3.8) is 0 Å². The van der Waals surface area contributed by atoms with E-state index < -0.39 is 6.10 Å². The van der Waals surface area contributed by atoms with Crippen molar-refractivity contribution in [3.05, 3.63) is 70.8 Å². The lowest BCUT2D eigenvalue weighted by atomic mass is 9.97. The first kappa shape index (κ1) is 22.0. The zero-order valence-corrected chi connectivity index (χ0v) is 18.5. The van der Waals surface area contributed by atoms with Gasteiger partial charge in [-0.2, -0.15) is 0 Å². The van der Waals surface area contributed by atoms with Gasteiger partial charge in [-0.1, -0.05) is 36.4 Å². The summed E-state index contributed by atoms with van der Waals surface area (Å²) in [7, 11) is 0. The second-order valence-electron chi connectivity index (χ2n) is 9.06. The molecule has 2 heterocycles. The number of benzene rings is 2. The number of aliphatic hydroxyl groups excluding tert-OH is 1. The number of ether oxygens (including phenoxy) is 3. The maximum Gasteiger partial charge on any atom is 0.216 e. The molecule has 0 spiro atoms. The van der Waals surface area contributed by atoms with Crippen molar-refractivity contribution in [2.24, 2.45) is 4.99 Å². The first-order chi connectivity index (χ1) is 15.0. The number of hydrogen-bond acceptors (Lipinski definition) is 5. The molecule has 2 aromatic carbocycles. The molecule has 2 atom stereocenters. The smallest absolute Gasteiger partial charge is 0.216 e. The van der Waals surface area contributed by atoms with Crippen molar-refractivity contribution in [3.8, 4) is 0 Å². The summed E-state index contributed by atoms with van der Waals surface area (Å²) in [4.78, 5) is 4.65. The zero-order chi connectivity index (χ0) is 21.7. The summed E-state index contributed by atoms with van der Waals surface area (Å²) < 4.78 is 17.2. The van der Waals surface area contributed by atoms with Gasteiger partial charge in [0.05, 0.1) is 12.1 Å². The summed E-state index contributed by atoms with van der Waals surface area (Å²) >= 11 is 0. The number of nitrogens with zero attached hydrogens (tertiary/aromatic N) is 1. The molecule has 1 saturated heterocycles. The van der Waals surface area contributed by atoms with E-state index in [1.54, 1.807) is 0 Å². The maximum absolute atomic E-state index is 11.0. The van der Waals surface area contributed by atoms with Crippen LogP contribution in [0.25, 0.3) is 0 Å². The second-order valence-corrected chi connectivity index (χ2v) is 9.06. The molecule has 166 valence electrons. The molecule has 2 aliphatic heterocycles. The van der Waals surface area contributed by atoms with Gasteiger partial charge in [0.25, 0.3) is 0 Å². The van der Waals surface area contributed by atoms with Gasteiger partial charge in [-0.3, -0.25) is 0 Å². The van der Waals surface area contributed by atoms with Gasteiger partial charge in [-0.25, -0.2) is 4.99 Å². The van der Waals surface area contributed by atoms with Crippen molar-refractivity contribution >= 4 is 5.90 Å². The molecule has 0 bridgehead atoms. The molecule has 0 aromatic heterocycles. The minimum Gasteiger partial charge on any atom is -0.475 e. The monoisotopic (exact) mass is 423 g/mol. The summed E-state index contributed by atoms with van der Waals surface area (Å²) in [5, 5.41) is 11.0. The third-order valence-corrected chi connectivity index (χ3v) is 5.73. The lowest BCUT2D eigenvalue weighted by Gasteiger charge is -2.22. The van der Waals surface area contributed by atoms with E-state index in [4.69, 9.17) is 14.2 Å². The van der Waals surface area contributed by atoms with Gasteiger partial charge in [-0.05, 0) is 74.8 Å². The first-order valence-electron chi connectivity index (χ1n) is 11.3. The average Bonchev–Trinajstić information content (AvgIpc) is 3.17. The standard InChI is InChI=1S/C26H33NO4/c1-26(2)18-31-25(27-26)22-12-6-11-21(17-22)24(28)20-10-5-8-19(16-20)9-7-15-30-23-13-3-4-14-29-23/h5-6,8,10-12,16-17,23-24,28H,3-4,7,9,13-15,18H2,1-2H3. The minimum atomic E-state index is -0.693. The Balaban J connectivity index is 1.36. The lowest BCUT2D eigenvalue weighted by molar-refractivity contribution is -0.162. The predicted molar refractivity (Wildman–Crippen MR) is 121 cm³/mol. The fraction of sp³-hybridized carbons (Fsp3) is 0.500. The molecule has 0 amide bonds. The molecule has 1 fully saturated rings. The quantitative estimate of drug-likeness (QED) is 0.620. The van der Waals surface area contributed by atoms with E-state index in [-0.39, 0.29) is 11.8 Å². The molecule has 31 heavy (non-hydrogen) atoms. The Kier molecular flexibility index (Phi) is 7.06. The number of aryl methyl sites for hydroxylation is 1. The van der Waals surface area contributed by atoms with Crippen molar-refractivity contribution < 1.29 is 19.3 Å². The number of aliphatic hydroxyl groups is 1. The normalized spacial score (nSPS) is 21.4. The van der Waals surface area contributed by atoms with Crippen LogP contribution < -0.4 is 0 Å². The molecule has 5 heteroatoms. The molecule has 4 rings (SSSR count). The van der Waals surface area contributed by atoms with Crippen LogP contribution in [0.5, 0.6) is 0 Å². The molecule has 2 aliphatic rings. The van der Waals surface area contributed by atoms with Gasteiger partial charge in [0.1, 0.15) is 12.7 Å². The van der Waals surface area contributed by atoms with Gasteiger partial charge < -0.3 is 19.3 Å². The highest BCUT2D eigenvalue weighted by atomic mass is 16.7. The Morgan fingerprint density at radius 1 is 1.13 bits per heavy atom. The SMILES string of the molecule is CC1(C)COC(c2cccc(C(O)c3cccc(CCCOC4CCCCO4)c3)c2)=N1. The van der Waals surface area contributed by atoms with Crippen molar-refractivity contribution in [2.75, 3.05) is 19.8 Å². The van der Waals surface area contributed by atoms with Crippen LogP contribution in [0.1, 0.15) is 67.9 Å². The van der Waals surface area contributed by atoms with E-state index in [0.717, 1.165) is 49.0 Å². The van der Waals surface area contributed by atoms with Crippen LogP contribution in [0, 0.1) is 0 Å². The Morgan fingerprint density at radius 3 is 2.68 bits per heavy atom. The molecule has 0 aliphatic carbocycles. The van der Waals surface area contributed by atoms with E-state index in [2.05, 4.69) is 31.0 Å². The van der Waals surface area contributed by atoms with Crippen LogP contribution in [-0.4, -0.2) is 42.7 Å². The predicted octanol–water partition coefficient (Wildman–Crippen LogP) is 4.80. The zero-order valence-electron chi connectivity index (χ0n) is 18.5. The molecule has 2 unspecified atom stereocenters. The van der Waals surface area contributed by atoms with Gasteiger partial charge in [-0.15, -0.1) is 0 Å². The van der Waals surface area contributed by atoms with Gasteiger partial charge in [0.15, 0.2) is 6.29 Å². The fourth-order valence-electron chi connectivity index (χ4n) is 4.02.